The fraction of sp³-hybridized carbons (Fsp3) is 0.143. The summed E-state index contributed by atoms with van der Waals surface area (Å²) in [5.41, 5.74) is 0.697. The summed E-state index contributed by atoms with van der Waals surface area (Å²) >= 11 is 11.8. The molecule has 3 rings (SSSR count). The van der Waals surface area contributed by atoms with E-state index in [1.165, 1.54) is 15.3 Å². The Labute approximate surface area is 140 Å². The van der Waals surface area contributed by atoms with Crippen LogP contribution in [0.3, 0.4) is 0 Å². The molecular weight excluding hydrogens is 341 g/mol. The Morgan fingerprint density at radius 2 is 1.70 bits per heavy atom. The van der Waals surface area contributed by atoms with Crippen molar-refractivity contribution in [3.63, 3.8) is 0 Å². The van der Waals surface area contributed by atoms with Gasteiger partial charge in [-0.1, -0.05) is 11.6 Å². The summed E-state index contributed by atoms with van der Waals surface area (Å²) in [4.78, 5) is 31.5. The lowest BCUT2D eigenvalue weighted by atomic mass is 10.2. The third kappa shape index (κ3) is 2.69. The topological polar surface area (TPSA) is 81.8 Å². The van der Waals surface area contributed by atoms with Crippen LogP contribution in [0.15, 0.2) is 34.0 Å². The molecule has 0 aliphatic carbocycles. The van der Waals surface area contributed by atoms with E-state index in [4.69, 9.17) is 23.2 Å². The highest BCUT2D eigenvalue weighted by Crippen LogP contribution is 2.25. The van der Waals surface area contributed by atoms with Gasteiger partial charge in [-0.05, 0) is 29.8 Å². The minimum absolute atomic E-state index is 0.0625. The van der Waals surface area contributed by atoms with Crippen molar-refractivity contribution >= 4 is 45.7 Å². The fourth-order valence-electron chi connectivity index (χ4n) is 2.23. The number of halogens is 2. The van der Waals surface area contributed by atoms with Crippen LogP contribution in [-0.2, 0) is 14.1 Å². The molecule has 0 spiro atoms. The van der Waals surface area contributed by atoms with E-state index in [0.717, 1.165) is 0 Å². The minimum Gasteiger partial charge on any atom is -0.339 e. The zero-order valence-electron chi connectivity index (χ0n) is 12.2. The van der Waals surface area contributed by atoms with Gasteiger partial charge in [-0.2, -0.15) is 4.98 Å². The predicted molar refractivity (Wildman–Crippen MR) is 89.8 cm³/mol. The highest BCUT2D eigenvalue weighted by Gasteiger charge is 2.10. The zero-order valence-corrected chi connectivity index (χ0v) is 13.7. The van der Waals surface area contributed by atoms with Gasteiger partial charge in [0.1, 0.15) is 5.02 Å². The van der Waals surface area contributed by atoms with Crippen LogP contribution in [0, 0.1) is 0 Å². The molecule has 0 bridgehead atoms. The number of benzene rings is 1. The van der Waals surface area contributed by atoms with Crippen molar-refractivity contribution in [1.82, 2.24) is 19.1 Å². The second-order valence-electron chi connectivity index (χ2n) is 4.89. The summed E-state index contributed by atoms with van der Waals surface area (Å²) < 4.78 is 2.62. The number of anilines is 2. The molecule has 9 heteroatoms. The molecule has 118 valence electrons. The van der Waals surface area contributed by atoms with Gasteiger partial charge in [-0.25, -0.2) is 4.98 Å². The van der Waals surface area contributed by atoms with Crippen molar-refractivity contribution in [3.8, 4) is 0 Å². The normalized spacial score (nSPS) is 11.0. The first-order valence-corrected chi connectivity index (χ1v) is 7.29. The van der Waals surface area contributed by atoms with E-state index in [1.807, 2.05) is 0 Å². The van der Waals surface area contributed by atoms with E-state index in [-0.39, 0.29) is 5.28 Å². The molecule has 0 unspecified atom stereocenters. The predicted octanol–water partition coefficient (Wildman–Crippen LogP) is 2.08. The number of nitrogens with zero attached hydrogens (tertiary/aromatic N) is 4. The Morgan fingerprint density at radius 1 is 1.04 bits per heavy atom. The van der Waals surface area contributed by atoms with Crippen LogP contribution in [0.1, 0.15) is 0 Å². The third-order valence-corrected chi connectivity index (χ3v) is 3.93. The number of rotatable bonds is 2. The number of aryl methyl sites for hydroxylation is 2. The number of hydrogen-bond acceptors (Lipinski definition) is 5. The molecule has 0 saturated carbocycles. The zero-order chi connectivity index (χ0) is 16.7. The molecule has 23 heavy (non-hydrogen) atoms. The van der Waals surface area contributed by atoms with Gasteiger partial charge in [0.05, 0.1) is 17.2 Å². The van der Waals surface area contributed by atoms with E-state index in [0.29, 0.717) is 27.6 Å². The number of fused-ring (bicyclic) bond motifs is 1. The Hall–Kier alpha value is -2.38. The average molecular weight is 352 g/mol. The van der Waals surface area contributed by atoms with Gasteiger partial charge < -0.3 is 14.5 Å². The fourth-order valence-corrected chi connectivity index (χ4v) is 2.50. The molecule has 0 saturated heterocycles. The van der Waals surface area contributed by atoms with Gasteiger partial charge in [-0.3, -0.25) is 9.59 Å². The molecule has 0 aliphatic heterocycles. The maximum Gasteiger partial charge on any atom is 0.316 e. The smallest absolute Gasteiger partial charge is 0.316 e. The van der Waals surface area contributed by atoms with Gasteiger partial charge in [0.2, 0.25) is 5.28 Å². The first-order chi connectivity index (χ1) is 10.9. The summed E-state index contributed by atoms with van der Waals surface area (Å²) in [5.74, 6) is 0.348. The van der Waals surface area contributed by atoms with Gasteiger partial charge in [0, 0.05) is 19.8 Å². The highest BCUT2D eigenvalue weighted by atomic mass is 35.5. The lowest BCUT2D eigenvalue weighted by Crippen LogP contribution is -2.39. The largest absolute Gasteiger partial charge is 0.339 e. The standard InChI is InChI=1S/C14H11Cl2N5O2/c1-20-9-4-3-7(5-10(9)21(2)13(23)12(20)22)18-11-8(15)6-17-14(16)19-11/h3-6H,1-2H3,(H,17,18,19). The molecule has 0 amide bonds. The molecule has 0 radical (unpaired) electrons. The van der Waals surface area contributed by atoms with Gasteiger partial charge in [0.15, 0.2) is 5.82 Å². The van der Waals surface area contributed by atoms with Crippen molar-refractivity contribution in [1.29, 1.82) is 0 Å². The molecule has 2 aromatic heterocycles. The summed E-state index contributed by atoms with van der Waals surface area (Å²) in [7, 11) is 3.10. The Morgan fingerprint density at radius 3 is 2.39 bits per heavy atom. The first kappa shape index (κ1) is 15.5. The molecular formula is C14H11Cl2N5O2. The SMILES string of the molecule is Cn1c(=O)c(=O)n(C)c2cc(Nc3nc(Cl)ncc3Cl)ccc21. The van der Waals surface area contributed by atoms with E-state index < -0.39 is 11.1 Å². The quantitative estimate of drug-likeness (QED) is 0.564. The van der Waals surface area contributed by atoms with E-state index >= 15 is 0 Å². The van der Waals surface area contributed by atoms with Crippen LogP contribution in [0.4, 0.5) is 11.5 Å². The molecule has 1 N–H and O–H groups in total. The number of nitrogens with one attached hydrogen (secondary N) is 1. The second-order valence-corrected chi connectivity index (χ2v) is 5.64. The average Bonchev–Trinajstić information content (AvgIpc) is 2.54. The maximum absolute atomic E-state index is 11.9. The van der Waals surface area contributed by atoms with E-state index in [2.05, 4.69) is 15.3 Å². The monoisotopic (exact) mass is 351 g/mol. The molecule has 0 atom stereocenters. The minimum atomic E-state index is -0.597. The Balaban J connectivity index is 2.16. The van der Waals surface area contributed by atoms with Crippen molar-refractivity contribution in [2.24, 2.45) is 14.1 Å². The molecule has 0 fully saturated rings. The maximum atomic E-state index is 11.9. The van der Waals surface area contributed by atoms with Crippen molar-refractivity contribution in [2.75, 3.05) is 5.32 Å². The molecule has 7 nitrogen and oxygen atoms in total. The van der Waals surface area contributed by atoms with Crippen LogP contribution in [-0.4, -0.2) is 19.1 Å². The van der Waals surface area contributed by atoms with Crippen LogP contribution in [0.2, 0.25) is 10.3 Å². The summed E-state index contributed by atoms with van der Waals surface area (Å²) in [6.45, 7) is 0. The van der Waals surface area contributed by atoms with Gasteiger partial charge in [-0.15, -0.1) is 0 Å². The van der Waals surface area contributed by atoms with Crippen LogP contribution >= 0.6 is 23.2 Å². The van der Waals surface area contributed by atoms with E-state index in [9.17, 15) is 9.59 Å². The van der Waals surface area contributed by atoms with Gasteiger partial charge in [0.25, 0.3) is 0 Å². The van der Waals surface area contributed by atoms with Crippen molar-refractivity contribution in [3.05, 3.63) is 55.4 Å². The highest BCUT2D eigenvalue weighted by molar-refractivity contribution is 6.33. The summed E-state index contributed by atoms with van der Waals surface area (Å²) in [6, 6.07) is 5.20. The summed E-state index contributed by atoms with van der Waals surface area (Å²) in [6.07, 6.45) is 1.39. The molecule has 0 aliphatic rings. The second kappa shape index (κ2) is 5.68. The van der Waals surface area contributed by atoms with E-state index in [1.54, 1.807) is 32.3 Å². The Kier molecular flexibility index (Phi) is 3.83. The van der Waals surface area contributed by atoms with Crippen LogP contribution in [0.5, 0.6) is 0 Å². The van der Waals surface area contributed by atoms with Crippen LogP contribution in [0.25, 0.3) is 11.0 Å². The molecule has 1 aromatic carbocycles. The lowest BCUT2D eigenvalue weighted by molar-refractivity contribution is 0.799. The molecule has 2 heterocycles. The first-order valence-electron chi connectivity index (χ1n) is 6.53. The Bertz CT molecular complexity index is 1040. The van der Waals surface area contributed by atoms with Crippen molar-refractivity contribution in [2.45, 2.75) is 0 Å². The number of hydrogen-bond donors (Lipinski definition) is 1. The molecule has 3 aromatic rings. The number of aromatic nitrogens is 4. The lowest BCUT2D eigenvalue weighted by Gasteiger charge is -2.12. The van der Waals surface area contributed by atoms with Crippen molar-refractivity contribution < 1.29 is 0 Å². The van der Waals surface area contributed by atoms with Gasteiger partial charge >= 0.3 is 11.1 Å². The summed E-state index contributed by atoms with van der Waals surface area (Å²) in [5, 5.41) is 3.39. The third-order valence-electron chi connectivity index (χ3n) is 3.47. The van der Waals surface area contributed by atoms with Crippen LogP contribution < -0.4 is 16.4 Å².